The number of aromatic nitrogens is 2. The quantitative estimate of drug-likeness (QED) is 0.572. The number of nitrogens with zero attached hydrogens (tertiary/aromatic N) is 3. The van der Waals surface area contributed by atoms with Gasteiger partial charge in [0.15, 0.2) is 0 Å². The Morgan fingerprint density at radius 3 is 2.44 bits per heavy atom. The molecule has 1 fully saturated rings. The summed E-state index contributed by atoms with van der Waals surface area (Å²) in [4.78, 5) is 31.4. The molecule has 1 aliphatic rings. The molecule has 0 saturated carbocycles. The van der Waals surface area contributed by atoms with E-state index < -0.39 is 5.97 Å². The largest absolute Gasteiger partial charge is 0.486 e. The van der Waals surface area contributed by atoms with Crippen molar-refractivity contribution < 1.29 is 19.1 Å². The second-order valence-corrected chi connectivity index (χ2v) is 7.64. The Hall–Kier alpha value is -3.81. The van der Waals surface area contributed by atoms with E-state index in [9.17, 15) is 9.59 Å². The lowest BCUT2D eigenvalue weighted by Gasteiger charge is -2.22. The monoisotopic (exact) mass is 434 g/mol. The van der Waals surface area contributed by atoms with Gasteiger partial charge in [0.1, 0.15) is 18.2 Å². The van der Waals surface area contributed by atoms with Gasteiger partial charge in [0.25, 0.3) is 5.91 Å². The molecule has 1 saturated heterocycles. The van der Waals surface area contributed by atoms with Crippen LogP contribution in [-0.2, 0) is 18.4 Å². The second kappa shape index (κ2) is 9.55. The first-order valence-corrected chi connectivity index (χ1v) is 10.5. The van der Waals surface area contributed by atoms with Crippen molar-refractivity contribution in [2.45, 2.75) is 19.4 Å². The van der Waals surface area contributed by atoms with Crippen molar-refractivity contribution in [2.75, 3.05) is 30.4 Å². The van der Waals surface area contributed by atoms with Gasteiger partial charge in [-0.3, -0.25) is 4.79 Å². The number of carbonyl (C=O) groups is 2. The predicted molar refractivity (Wildman–Crippen MR) is 121 cm³/mol. The Kier molecular flexibility index (Phi) is 6.39. The smallest absolute Gasteiger partial charge is 0.337 e. The molecule has 2 heterocycles. The summed E-state index contributed by atoms with van der Waals surface area (Å²) in [5, 5.41) is 2.96. The summed E-state index contributed by atoms with van der Waals surface area (Å²) in [6.07, 6.45) is 5.78. The van der Waals surface area contributed by atoms with Crippen LogP contribution in [0.3, 0.4) is 0 Å². The molecule has 1 N–H and O–H groups in total. The molecular formula is C24H26N4O4. The minimum absolute atomic E-state index is 0.261. The van der Waals surface area contributed by atoms with Gasteiger partial charge < -0.3 is 24.3 Å². The first kappa shape index (κ1) is 21.4. The van der Waals surface area contributed by atoms with Gasteiger partial charge in [-0.15, -0.1) is 0 Å². The molecule has 4 rings (SSSR count). The Morgan fingerprint density at radius 1 is 1.06 bits per heavy atom. The third-order valence-corrected chi connectivity index (χ3v) is 5.52. The number of hydrogen-bond donors (Lipinski definition) is 1. The standard InChI is InChI=1S/C24H26N4O4/c1-27-14-11-25-22(27)16-32-19-8-5-17(6-9-19)23(29)26-20-15-18(24(30)31-2)7-10-21(20)28-12-3-4-13-28/h5-11,14-15H,3-4,12-13,16H2,1-2H3,(H,26,29). The first-order valence-electron chi connectivity index (χ1n) is 10.5. The zero-order chi connectivity index (χ0) is 22.5. The minimum atomic E-state index is -0.442. The zero-order valence-electron chi connectivity index (χ0n) is 18.2. The van der Waals surface area contributed by atoms with Gasteiger partial charge in [-0.25, -0.2) is 9.78 Å². The van der Waals surface area contributed by atoms with Crippen LogP contribution < -0.4 is 15.0 Å². The van der Waals surface area contributed by atoms with E-state index in [0.29, 0.717) is 29.2 Å². The molecule has 1 amide bonds. The normalized spacial score (nSPS) is 13.1. The molecular weight excluding hydrogens is 408 g/mol. The number of imidazole rings is 1. The van der Waals surface area contributed by atoms with Crippen LogP contribution in [0.5, 0.6) is 5.75 Å². The van der Waals surface area contributed by atoms with Gasteiger partial charge in [-0.1, -0.05) is 0 Å². The van der Waals surface area contributed by atoms with E-state index in [1.165, 1.54) is 7.11 Å². The summed E-state index contributed by atoms with van der Waals surface area (Å²) in [5.41, 5.74) is 2.38. The van der Waals surface area contributed by atoms with Crippen molar-refractivity contribution in [3.8, 4) is 5.75 Å². The van der Waals surface area contributed by atoms with E-state index in [1.54, 1.807) is 42.6 Å². The Labute approximate surface area is 186 Å². The average Bonchev–Trinajstić information content (AvgIpc) is 3.49. The van der Waals surface area contributed by atoms with Crippen molar-refractivity contribution in [2.24, 2.45) is 7.05 Å². The lowest BCUT2D eigenvalue weighted by molar-refractivity contribution is 0.0600. The number of ether oxygens (including phenoxy) is 2. The number of anilines is 2. The maximum Gasteiger partial charge on any atom is 0.337 e. The van der Waals surface area contributed by atoms with Crippen LogP contribution in [-0.4, -0.2) is 41.6 Å². The van der Waals surface area contributed by atoms with E-state index in [2.05, 4.69) is 15.2 Å². The van der Waals surface area contributed by atoms with Crippen LogP contribution in [0.2, 0.25) is 0 Å². The molecule has 1 aliphatic heterocycles. The third kappa shape index (κ3) is 4.74. The van der Waals surface area contributed by atoms with E-state index in [4.69, 9.17) is 9.47 Å². The molecule has 32 heavy (non-hydrogen) atoms. The molecule has 0 spiro atoms. The summed E-state index contributed by atoms with van der Waals surface area (Å²) < 4.78 is 12.5. The van der Waals surface area contributed by atoms with Gasteiger partial charge in [0.05, 0.1) is 24.0 Å². The number of hydrogen-bond acceptors (Lipinski definition) is 6. The molecule has 1 aromatic heterocycles. The highest BCUT2D eigenvalue weighted by Gasteiger charge is 2.19. The van der Waals surface area contributed by atoms with Gasteiger partial charge in [0.2, 0.25) is 0 Å². The van der Waals surface area contributed by atoms with Crippen molar-refractivity contribution in [1.29, 1.82) is 0 Å². The molecule has 8 nitrogen and oxygen atoms in total. The maximum absolute atomic E-state index is 12.9. The molecule has 166 valence electrons. The number of esters is 1. The van der Waals surface area contributed by atoms with E-state index in [-0.39, 0.29) is 5.91 Å². The summed E-state index contributed by atoms with van der Waals surface area (Å²) in [5.74, 6) is 0.757. The molecule has 3 aromatic rings. The van der Waals surface area contributed by atoms with Crippen molar-refractivity contribution >= 4 is 23.3 Å². The molecule has 2 aromatic carbocycles. The van der Waals surface area contributed by atoms with Crippen molar-refractivity contribution in [1.82, 2.24) is 9.55 Å². The maximum atomic E-state index is 12.9. The van der Waals surface area contributed by atoms with Gasteiger partial charge in [0, 0.05) is 38.1 Å². The molecule has 0 atom stereocenters. The number of nitrogens with one attached hydrogen (secondary N) is 1. The van der Waals surface area contributed by atoms with E-state index in [1.807, 2.05) is 23.9 Å². The highest BCUT2D eigenvalue weighted by atomic mass is 16.5. The fourth-order valence-corrected chi connectivity index (χ4v) is 3.70. The van der Waals surface area contributed by atoms with Crippen LogP contribution in [0.15, 0.2) is 54.9 Å². The summed E-state index contributed by atoms with van der Waals surface area (Å²) in [7, 11) is 3.25. The number of amides is 1. The van der Waals surface area contributed by atoms with Crippen LogP contribution in [0, 0.1) is 0 Å². The lowest BCUT2D eigenvalue weighted by Crippen LogP contribution is -2.21. The van der Waals surface area contributed by atoms with Crippen LogP contribution >= 0.6 is 0 Å². The number of carbonyl (C=O) groups excluding carboxylic acids is 2. The number of aryl methyl sites for hydroxylation is 1. The molecule has 0 radical (unpaired) electrons. The topological polar surface area (TPSA) is 85.7 Å². The lowest BCUT2D eigenvalue weighted by atomic mass is 10.1. The van der Waals surface area contributed by atoms with E-state index >= 15 is 0 Å². The highest BCUT2D eigenvalue weighted by molar-refractivity contribution is 6.07. The number of rotatable bonds is 7. The Balaban J connectivity index is 1.48. The van der Waals surface area contributed by atoms with Crippen molar-refractivity contribution in [3.63, 3.8) is 0 Å². The third-order valence-electron chi connectivity index (χ3n) is 5.52. The summed E-state index contributed by atoms with van der Waals surface area (Å²) in [6.45, 7) is 2.18. The first-order chi connectivity index (χ1) is 15.5. The van der Waals surface area contributed by atoms with Gasteiger partial charge >= 0.3 is 5.97 Å². The molecule has 8 heteroatoms. The summed E-state index contributed by atoms with van der Waals surface area (Å²) >= 11 is 0. The highest BCUT2D eigenvalue weighted by Crippen LogP contribution is 2.31. The van der Waals surface area contributed by atoms with Crippen LogP contribution in [0.1, 0.15) is 39.4 Å². The Bertz CT molecular complexity index is 1100. The number of benzene rings is 2. The predicted octanol–water partition coefficient (Wildman–Crippen LogP) is 3.64. The molecule has 0 aliphatic carbocycles. The summed E-state index contributed by atoms with van der Waals surface area (Å²) in [6, 6.07) is 12.2. The molecule has 0 unspecified atom stereocenters. The fourth-order valence-electron chi connectivity index (χ4n) is 3.70. The second-order valence-electron chi connectivity index (χ2n) is 7.64. The molecule has 0 bridgehead atoms. The Morgan fingerprint density at radius 2 is 1.78 bits per heavy atom. The van der Waals surface area contributed by atoms with Gasteiger partial charge in [-0.2, -0.15) is 0 Å². The number of methoxy groups -OCH3 is 1. The minimum Gasteiger partial charge on any atom is -0.486 e. The fraction of sp³-hybridized carbons (Fsp3) is 0.292. The SMILES string of the molecule is COC(=O)c1ccc(N2CCCC2)c(NC(=O)c2ccc(OCc3nccn3C)cc2)c1. The van der Waals surface area contributed by atoms with Crippen LogP contribution in [0.4, 0.5) is 11.4 Å². The van der Waals surface area contributed by atoms with Gasteiger partial charge in [-0.05, 0) is 55.3 Å². The average molecular weight is 434 g/mol. The zero-order valence-corrected chi connectivity index (χ0v) is 18.2. The van der Waals surface area contributed by atoms with Crippen molar-refractivity contribution in [3.05, 3.63) is 71.8 Å². The van der Waals surface area contributed by atoms with Crippen LogP contribution in [0.25, 0.3) is 0 Å². The van der Waals surface area contributed by atoms with E-state index in [0.717, 1.165) is 37.4 Å².